The quantitative estimate of drug-likeness (QED) is 0.861. The average molecular weight is 230 g/mol. The van der Waals surface area contributed by atoms with Crippen molar-refractivity contribution in [2.45, 2.75) is 12.5 Å². The van der Waals surface area contributed by atoms with Crippen LogP contribution < -0.4 is 10.5 Å². The van der Waals surface area contributed by atoms with Gasteiger partial charge in [-0.05, 0) is 19.1 Å². The molecular formula is C11H16ClNO2. The molecule has 0 aliphatic carbocycles. The molecule has 0 aliphatic rings. The minimum Gasteiger partial charge on any atom is -0.496 e. The summed E-state index contributed by atoms with van der Waals surface area (Å²) in [5.74, 6) is 0.692. The Morgan fingerprint density at radius 2 is 2.07 bits per heavy atom. The number of rotatable bonds is 4. The summed E-state index contributed by atoms with van der Waals surface area (Å²) in [6.45, 7) is 2.22. The molecule has 0 amide bonds. The van der Waals surface area contributed by atoms with E-state index in [1.807, 2.05) is 19.1 Å². The van der Waals surface area contributed by atoms with Crippen LogP contribution in [0.15, 0.2) is 18.2 Å². The number of halogens is 1. The molecule has 84 valence electrons. The SMILES string of the molecule is COc1cccc(Cl)c1C(C)(CN)OC. The standard InChI is InChI=1S/C11H16ClNO2/c1-11(7-13,15-3)10-8(12)5-4-6-9(10)14-2/h4-6H,7,13H2,1-3H3. The van der Waals surface area contributed by atoms with Crippen LogP contribution in [0.5, 0.6) is 5.75 Å². The first-order chi connectivity index (χ1) is 7.09. The number of methoxy groups -OCH3 is 2. The van der Waals surface area contributed by atoms with E-state index in [9.17, 15) is 0 Å². The molecule has 1 aromatic carbocycles. The second-order valence-corrected chi connectivity index (χ2v) is 3.86. The van der Waals surface area contributed by atoms with Gasteiger partial charge in [0.2, 0.25) is 0 Å². The third-order valence-corrected chi connectivity index (χ3v) is 2.88. The van der Waals surface area contributed by atoms with Crippen molar-refractivity contribution in [3.8, 4) is 5.75 Å². The summed E-state index contributed by atoms with van der Waals surface area (Å²) in [5, 5.41) is 0.601. The fourth-order valence-electron chi connectivity index (χ4n) is 1.48. The summed E-state index contributed by atoms with van der Waals surface area (Å²) >= 11 is 6.13. The zero-order valence-electron chi connectivity index (χ0n) is 9.21. The van der Waals surface area contributed by atoms with Crippen LogP contribution in [0, 0.1) is 0 Å². The molecule has 15 heavy (non-hydrogen) atoms. The molecule has 2 N–H and O–H groups in total. The lowest BCUT2D eigenvalue weighted by Crippen LogP contribution is -2.34. The first kappa shape index (κ1) is 12.3. The smallest absolute Gasteiger partial charge is 0.126 e. The zero-order valence-corrected chi connectivity index (χ0v) is 9.97. The van der Waals surface area contributed by atoms with Crippen molar-refractivity contribution in [3.05, 3.63) is 28.8 Å². The number of hydrogen-bond donors (Lipinski definition) is 1. The Morgan fingerprint density at radius 1 is 1.40 bits per heavy atom. The van der Waals surface area contributed by atoms with E-state index in [1.165, 1.54) is 0 Å². The van der Waals surface area contributed by atoms with E-state index in [-0.39, 0.29) is 0 Å². The largest absolute Gasteiger partial charge is 0.496 e. The second-order valence-electron chi connectivity index (χ2n) is 3.46. The molecule has 0 spiro atoms. The van der Waals surface area contributed by atoms with Gasteiger partial charge in [-0.3, -0.25) is 0 Å². The molecule has 0 bridgehead atoms. The predicted octanol–water partition coefficient (Wildman–Crippen LogP) is 2.17. The summed E-state index contributed by atoms with van der Waals surface area (Å²) in [4.78, 5) is 0. The Labute approximate surface area is 95.1 Å². The van der Waals surface area contributed by atoms with E-state index >= 15 is 0 Å². The Hall–Kier alpha value is -0.770. The Balaban J connectivity index is 3.33. The van der Waals surface area contributed by atoms with Gasteiger partial charge in [0.05, 0.1) is 12.1 Å². The molecule has 3 nitrogen and oxygen atoms in total. The Kier molecular flexibility index (Phi) is 3.97. The maximum Gasteiger partial charge on any atom is 0.126 e. The van der Waals surface area contributed by atoms with Crippen molar-refractivity contribution >= 4 is 11.6 Å². The lowest BCUT2D eigenvalue weighted by Gasteiger charge is -2.29. The van der Waals surface area contributed by atoms with Gasteiger partial charge < -0.3 is 15.2 Å². The molecule has 1 unspecified atom stereocenters. The van der Waals surface area contributed by atoms with Gasteiger partial charge in [-0.1, -0.05) is 17.7 Å². The monoisotopic (exact) mass is 229 g/mol. The Morgan fingerprint density at radius 3 is 2.53 bits per heavy atom. The van der Waals surface area contributed by atoms with Crippen LogP contribution in [-0.4, -0.2) is 20.8 Å². The maximum atomic E-state index is 6.13. The summed E-state index contributed by atoms with van der Waals surface area (Å²) in [6.07, 6.45) is 0. The minimum absolute atomic E-state index is 0.337. The van der Waals surface area contributed by atoms with Crippen LogP contribution in [0.4, 0.5) is 0 Å². The van der Waals surface area contributed by atoms with Crippen LogP contribution in [0.2, 0.25) is 5.02 Å². The van der Waals surface area contributed by atoms with Crippen LogP contribution in [-0.2, 0) is 10.3 Å². The van der Waals surface area contributed by atoms with Gasteiger partial charge in [0.15, 0.2) is 0 Å². The van der Waals surface area contributed by atoms with Crippen molar-refractivity contribution in [2.75, 3.05) is 20.8 Å². The molecule has 0 heterocycles. The third kappa shape index (κ3) is 2.25. The van der Waals surface area contributed by atoms with Crippen molar-refractivity contribution in [3.63, 3.8) is 0 Å². The molecule has 1 aromatic rings. The highest BCUT2D eigenvalue weighted by Crippen LogP contribution is 2.37. The summed E-state index contributed by atoms with van der Waals surface area (Å²) in [5.41, 5.74) is 5.87. The zero-order chi connectivity index (χ0) is 11.5. The number of nitrogens with two attached hydrogens (primary N) is 1. The molecule has 0 fully saturated rings. The van der Waals surface area contributed by atoms with Crippen molar-refractivity contribution in [1.29, 1.82) is 0 Å². The number of ether oxygens (including phenoxy) is 2. The highest BCUT2D eigenvalue weighted by atomic mass is 35.5. The normalized spacial score (nSPS) is 14.7. The molecule has 0 aromatic heterocycles. The summed E-state index contributed by atoms with van der Waals surface area (Å²) in [7, 11) is 3.21. The lowest BCUT2D eigenvalue weighted by molar-refractivity contribution is 0.00832. The molecular weight excluding hydrogens is 214 g/mol. The highest BCUT2D eigenvalue weighted by Gasteiger charge is 2.30. The molecule has 0 radical (unpaired) electrons. The van der Waals surface area contributed by atoms with Crippen LogP contribution in [0.1, 0.15) is 12.5 Å². The van der Waals surface area contributed by atoms with E-state index in [2.05, 4.69) is 0 Å². The van der Waals surface area contributed by atoms with Gasteiger partial charge in [0.1, 0.15) is 11.4 Å². The Bertz CT molecular complexity index is 337. The van der Waals surface area contributed by atoms with Gasteiger partial charge >= 0.3 is 0 Å². The van der Waals surface area contributed by atoms with Crippen molar-refractivity contribution in [1.82, 2.24) is 0 Å². The van der Waals surface area contributed by atoms with E-state index < -0.39 is 5.60 Å². The predicted molar refractivity (Wildman–Crippen MR) is 61.4 cm³/mol. The third-order valence-electron chi connectivity index (χ3n) is 2.56. The molecule has 1 rings (SSSR count). The van der Waals surface area contributed by atoms with Crippen molar-refractivity contribution < 1.29 is 9.47 Å². The molecule has 0 saturated heterocycles. The van der Waals surface area contributed by atoms with Gasteiger partial charge in [0, 0.05) is 19.2 Å². The van der Waals surface area contributed by atoms with Crippen LogP contribution in [0.3, 0.4) is 0 Å². The van der Waals surface area contributed by atoms with Crippen LogP contribution in [0.25, 0.3) is 0 Å². The first-order valence-corrected chi connectivity index (χ1v) is 5.05. The highest BCUT2D eigenvalue weighted by molar-refractivity contribution is 6.31. The van der Waals surface area contributed by atoms with Gasteiger partial charge in [-0.25, -0.2) is 0 Å². The number of hydrogen-bond acceptors (Lipinski definition) is 3. The fraction of sp³-hybridized carbons (Fsp3) is 0.455. The summed E-state index contributed by atoms with van der Waals surface area (Å²) < 4.78 is 10.7. The van der Waals surface area contributed by atoms with Gasteiger partial charge in [0.25, 0.3) is 0 Å². The fourth-order valence-corrected chi connectivity index (χ4v) is 1.84. The van der Waals surface area contributed by atoms with E-state index in [1.54, 1.807) is 20.3 Å². The molecule has 1 atom stereocenters. The second kappa shape index (κ2) is 4.84. The topological polar surface area (TPSA) is 44.5 Å². The molecule has 0 aliphatic heterocycles. The van der Waals surface area contributed by atoms with Crippen molar-refractivity contribution in [2.24, 2.45) is 5.73 Å². The minimum atomic E-state index is -0.621. The lowest BCUT2D eigenvalue weighted by atomic mass is 9.95. The van der Waals surface area contributed by atoms with E-state index in [4.69, 9.17) is 26.8 Å². The molecule has 0 saturated carbocycles. The van der Waals surface area contributed by atoms with Crippen LogP contribution >= 0.6 is 11.6 Å². The summed E-state index contributed by atoms with van der Waals surface area (Å²) in [6, 6.07) is 5.47. The molecule has 4 heteroatoms. The van der Waals surface area contributed by atoms with E-state index in [0.717, 1.165) is 5.56 Å². The van der Waals surface area contributed by atoms with Gasteiger partial charge in [-0.2, -0.15) is 0 Å². The first-order valence-electron chi connectivity index (χ1n) is 4.67. The van der Waals surface area contributed by atoms with Gasteiger partial charge in [-0.15, -0.1) is 0 Å². The average Bonchev–Trinajstić information content (AvgIpc) is 2.27. The van der Waals surface area contributed by atoms with E-state index in [0.29, 0.717) is 17.3 Å². The maximum absolute atomic E-state index is 6.13. The number of benzene rings is 1.